The summed E-state index contributed by atoms with van der Waals surface area (Å²) in [5, 5.41) is 21.2. The Morgan fingerprint density at radius 2 is 1.77 bits per heavy atom. The average molecular weight is 478 g/mol. The first-order chi connectivity index (χ1) is 16.9. The predicted octanol–water partition coefficient (Wildman–Crippen LogP) is 4.79. The number of nitrogens with zero attached hydrogens (tertiary/aromatic N) is 6. The monoisotopic (exact) mass is 478 g/mol. The fourth-order valence-electron chi connectivity index (χ4n) is 4.11. The molecule has 0 atom stereocenters. The van der Waals surface area contributed by atoms with Crippen LogP contribution in [0.2, 0.25) is 0 Å². The number of aromatic nitrogens is 7. The third-order valence-electron chi connectivity index (χ3n) is 5.81. The third-order valence-corrected chi connectivity index (χ3v) is 5.81. The highest BCUT2D eigenvalue weighted by atomic mass is 19.4. The molecule has 0 bridgehead atoms. The number of H-pyrrole nitrogens is 1. The summed E-state index contributed by atoms with van der Waals surface area (Å²) in [7, 11) is 1.54. The van der Waals surface area contributed by atoms with E-state index in [1.165, 1.54) is 0 Å². The lowest BCUT2D eigenvalue weighted by atomic mass is 9.96. The highest BCUT2D eigenvalue weighted by Crippen LogP contribution is 2.33. The molecule has 0 saturated carbocycles. The standard InChI is InChI=1S/C24H21F3N8/c1-3-19-18(23-29-21(28-2)13-20(24(25,26)27)35(23)32-19)12-14-8-10-15(11-9-14)16-6-4-5-7-17(16)22-30-33-34-31-22/h4-11,13H,3,12H2,1-2H3,(H,28,29)(H,30,31,33,34). The normalized spacial score (nSPS) is 11.8. The van der Waals surface area contributed by atoms with E-state index in [-0.39, 0.29) is 11.5 Å². The summed E-state index contributed by atoms with van der Waals surface area (Å²) in [5.74, 6) is 0.637. The van der Waals surface area contributed by atoms with Crippen LogP contribution in [0.15, 0.2) is 54.6 Å². The van der Waals surface area contributed by atoms with Crippen LogP contribution in [-0.4, -0.2) is 42.3 Å². The van der Waals surface area contributed by atoms with E-state index in [1.54, 1.807) is 7.05 Å². The van der Waals surface area contributed by atoms with Crippen LogP contribution >= 0.6 is 0 Å². The van der Waals surface area contributed by atoms with E-state index in [4.69, 9.17) is 0 Å². The molecule has 0 fully saturated rings. The molecule has 0 aliphatic rings. The van der Waals surface area contributed by atoms with Crippen LogP contribution < -0.4 is 5.32 Å². The first kappa shape index (κ1) is 22.5. The Hall–Kier alpha value is -4.28. The van der Waals surface area contributed by atoms with Crippen molar-refractivity contribution in [2.45, 2.75) is 25.9 Å². The number of aryl methyl sites for hydroxylation is 1. The Bertz CT molecular complexity index is 1470. The predicted molar refractivity (Wildman–Crippen MR) is 125 cm³/mol. The highest BCUT2D eigenvalue weighted by molar-refractivity contribution is 5.80. The summed E-state index contributed by atoms with van der Waals surface area (Å²) < 4.78 is 42.1. The first-order valence-electron chi connectivity index (χ1n) is 11.0. The Morgan fingerprint density at radius 3 is 2.40 bits per heavy atom. The van der Waals surface area contributed by atoms with E-state index in [9.17, 15) is 13.2 Å². The summed E-state index contributed by atoms with van der Waals surface area (Å²) in [6.45, 7) is 1.87. The van der Waals surface area contributed by atoms with Crippen LogP contribution in [0.1, 0.15) is 29.4 Å². The van der Waals surface area contributed by atoms with Crippen LogP contribution in [0.25, 0.3) is 28.2 Å². The molecule has 0 aliphatic carbocycles. The summed E-state index contributed by atoms with van der Waals surface area (Å²) in [6, 6.07) is 16.6. The van der Waals surface area contributed by atoms with Gasteiger partial charge >= 0.3 is 6.18 Å². The van der Waals surface area contributed by atoms with Gasteiger partial charge in [0.25, 0.3) is 0 Å². The smallest absolute Gasteiger partial charge is 0.373 e. The van der Waals surface area contributed by atoms with Gasteiger partial charge in [0.2, 0.25) is 5.82 Å². The maximum Gasteiger partial charge on any atom is 0.433 e. The van der Waals surface area contributed by atoms with Gasteiger partial charge in [-0.1, -0.05) is 55.5 Å². The number of benzene rings is 2. The molecule has 2 aromatic carbocycles. The number of rotatable bonds is 6. The number of hydrogen-bond acceptors (Lipinski definition) is 6. The molecule has 178 valence electrons. The van der Waals surface area contributed by atoms with Crippen molar-refractivity contribution in [3.8, 4) is 22.5 Å². The quantitative estimate of drug-likeness (QED) is 0.364. The van der Waals surface area contributed by atoms with Gasteiger partial charge in [-0.15, -0.1) is 10.2 Å². The molecule has 2 N–H and O–H groups in total. The van der Waals surface area contributed by atoms with Crippen molar-refractivity contribution in [3.63, 3.8) is 0 Å². The molecule has 3 heterocycles. The highest BCUT2D eigenvalue weighted by Gasteiger charge is 2.36. The fourth-order valence-corrected chi connectivity index (χ4v) is 4.11. The molecular weight excluding hydrogens is 457 g/mol. The van der Waals surface area contributed by atoms with Crippen LogP contribution in [0.4, 0.5) is 19.0 Å². The van der Waals surface area contributed by atoms with Gasteiger partial charge in [-0.2, -0.15) is 23.5 Å². The second kappa shape index (κ2) is 8.82. The number of tetrazole rings is 1. The second-order valence-electron chi connectivity index (χ2n) is 7.94. The molecule has 0 amide bonds. The van der Waals surface area contributed by atoms with Crippen LogP contribution in [0, 0.1) is 0 Å². The van der Waals surface area contributed by atoms with E-state index in [2.05, 4.69) is 36.0 Å². The topological polar surface area (TPSA) is 96.7 Å². The van der Waals surface area contributed by atoms with E-state index in [0.29, 0.717) is 29.9 Å². The average Bonchev–Trinajstić information content (AvgIpc) is 3.52. The maximum atomic E-state index is 13.7. The zero-order valence-electron chi connectivity index (χ0n) is 18.9. The van der Waals surface area contributed by atoms with Crippen molar-refractivity contribution < 1.29 is 13.2 Å². The van der Waals surface area contributed by atoms with Crippen molar-refractivity contribution in [2.24, 2.45) is 0 Å². The Morgan fingerprint density at radius 1 is 1.03 bits per heavy atom. The Labute approximate surface area is 198 Å². The Balaban J connectivity index is 1.53. The van der Waals surface area contributed by atoms with E-state index in [0.717, 1.165) is 32.8 Å². The molecular formula is C24H21F3N8. The number of fused-ring (bicyclic) bond motifs is 1. The summed E-state index contributed by atoms with van der Waals surface area (Å²) in [6.07, 6.45) is -3.67. The molecule has 3 aromatic heterocycles. The maximum absolute atomic E-state index is 13.7. The SMILES string of the molecule is CCc1nn2c(C(F)(F)F)cc(NC)nc2c1Cc1ccc(-c2ccccc2-c2nn[nH]n2)cc1. The minimum Gasteiger partial charge on any atom is -0.373 e. The van der Waals surface area contributed by atoms with Crippen LogP contribution in [-0.2, 0) is 19.0 Å². The number of nitrogens with one attached hydrogen (secondary N) is 2. The summed E-state index contributed by atoms with van der Waals surface area (Å²) in [4.78, 5) is 4.40. The minimum absolute atomic E-state index is 0.141. The molecule has 0 spiro atoms. The molecule has 0 unspecified atom stereocenters. The Kier molecular flexibility index (Phi) is 5.67. The lowest BCUT2D eigenvalue weighted by molar-refractivity contribution is -0.142. The zero-order chi connectivity index (χ0) is 24.6. The summed E-state index contributed by atoms with van der Waals surface area (Å²) >= 11 is 0. The van der Waals surface area contributed by atoms with E-state index in [1.807, 2.05) is 55.5 Å². The van der Waals surface area contributed by atoms with Gasteiger partial charge in [0, 0.05) is 30.7 Å². The molecule has 8 nitrogen and oxygen atoms in total. The van der Waals surface area contributed by atoms with Crippen molar-refractivity contribution >= 4 is 11.5 Å². The van der Waals surface area contributed by atoms with Crippen molar-refractivity contribution in [1.29, 1.82) is 0 Å². The molecule has 0 saturated heterocycles. The van der Waals surface area contributed by atoms with Crippen molar-refractivity contribution in [1.82, 2.24) is 35.2 Å². The van der Waals surface area contributed by atoms with Gasteiger partial charge in [-0.3, -0.25) is 0 Å². The van der Waals surface area contributed by atoms with Gasteiger partial charge < -0.3 is 5.32 Å². The van der Waals surface area contributed by atoms with Gasteiger partial charge in [-0.05, 0) is 28.3 Å². The minimum atomic E-state index is -4.56. The first-order valence-corrected chi connectivity index (χ1v) is 11.0. The fraction of sp³-hybridized carbons (Fsp3) is 0.208. The molecule has 0 aliphatic heterocycles. The van der Waals surface area contributed by atoms with Crippen LogP contribution in [0.3, 0.4) is 0 Å². The van der Waals surface area contributed by atoms with E-state index < -0.39 is 11.9 Å². The lowest BCUT2D eigenvalue weighted by Gasteiger charge is -2.11. The number of anilines is 1. The number of aromatic amines is 1. The second-order valence-corrected chi connectivity index (χ2v) is 7.94. The molecule has 5 rings (SSSR count). The van der Waals surface area contributed by atoms with Crippen LogP contribution in [0.5, 0.6) is 0 Å². The number of halogens is 3. The zero-order valence-corrected chi connectivity index (χ0v) is 18.9. The third kappa shape index (κ3) is 4.20. The van der Waals surface area contributed by atoms with Gasteiger partial charge in [0.1, 0.15) is 5.82 Å². The molecule has 35 heavy (non-hydrogen) atoms. The van der Waals surface area contributed by atoms with Crippen molar-refractivity contribution in [3.05, 3.63) is 77.1 Å². The van der Waals surface area contributed by atoms with Crippen molar-refractivity contribution in [2.75, 3.05) is 12.4 Å². The lowest BCUT2D eigenvalue weighted by Crippen LogP contribution is -2.14. The number of alkyl halides is 3. The molecule has 5 aromatic rings. The largest absolute Gasteiger partial charge is 0.433 e. The van der Waals surface area contributed by atoms with Gasteiger partial charge in [-0.25, -0.2) is 9.50 Å². The van der Waals surface area contributed by atoms with Gasteiger partial charge in [0.05, 0.1) is 5.69 Å². The summed E-state index contributed by atoms with van der Waals surface area (Å²) in [5.41, 5.74) is 4.28. The van der Waals surface area contributed by atoms with E-state index >= 15 is 0 Å². The van der Waals surface area contributed by atoms with Gasteiger partial charge in [0.15, 0.2) is 11.3 Å². The molecule has 11 heteroatoms. The number of hydrogen-bond donors (Lipinski definition) is 2. The molecule has 0 radical (unpaired) electrons.